The summed E-state index contributed by atoms with van der Waals surface area (Å²) in [4.78, 5) is 4.25. The third-order valence-electron chi connectivity index (χ3n) is 2.22. The van der Waals surface area contributed by atoms with Gasteiger partial charge in [-0.1, -0.05) is 18.2 Å². The topological polar surface area (TPSA) is 59.1 Å². The highest BCUT2D eigenvalue weighted by atomic mass is 16.3. The monoisotopic (exact) mass is 200 g/mol. The maximum atomic E-state index is 9.18. The van der Waals surface area contributed by atoms with E-state index in [0.29, 0.717) is 5.69 Å². The number of benzene rings is 1. The van der Waals surface area contributed by atoms with Crippen LogP contribution in [0, 0.1) is 0 Å². The van der Waals surface area contributed by atoms with E-state index in [1.165, 1.54) is 0 Å². The summed E-state index contributed by atoms with van der Waals surface area (Å²) in [6, 6.07) is 11.1. The number of nitrogens with zero attached hydrogens (tertiary/aromatic N) is 1. The molecule has 1 aromatic heterocycles. The average Bonchev–Trinajstić information content (AvgIpc) is 2.29. The van der Waals surface area contributed by atoms with Gasteiger partial charge in [0.2, 0.25) is 0 Å². The van der Waals surface area contributed by atoms with Crippen LogP contribution in [0.5, 0.6) is 0 Å². The standard InChI is InChI=1S/C12H12N2O/c13-11-5-1-3-9(7-11)12-10(8-15)4-2-6-14-12/h1-7,15H,8,13H2. The van der Waals surface area contributed by atoms with E-state index in [-0.39, 0.29) is 6.61 Å². The second-order valence-electron chi connectivity index (χ2n) is 3.29. The molecule has 0 saturated carbocycles. The summed E-state index contributed by atoms with van der Waals surface area (Å²) in [5.41, 5.74) is 8.92. The molecule has 76 valence electrons. The second-order valence-corrected chi connectivity index (χ2v) is 3.29. The first-order chi connectivity index (χ1) is 7.31. The molecule has 1 aromatic carbocycles. The van der Waals surface area contributed by atoms with E-state index in [1.807, 2.05) is 30.3 Å². The van der Waals surface area contributed by atoms with Crippen LogP contribution in [0.15, 0.2) is 42.6 Å². The minimum absolute atomic E-state index is 0.0159. The number of pyridine rings is 1. The predicted molar refractivity (Wildman–Crippen MR) is 60.0 cm³/mol. The molecule has 0 aliphatic rings. The van der Waals surface area contributed by atoms with Gasteiger partial charge in [-0.25, -0.2) is 0 Å². The van der Waals surface area contributed by atoms with Gasteiger partial charge in [0.25, 0.3) is 0 Å². The zero-order valence-electron chi connectivity index (χ0n) is 8.22. The van der Waals surface area contributed by atoms with Crippen molar-refractivity contribution in [2.24, 2.45) is 0 Å². The summed E-state index contributed by atoms with van der Waals surface area (Å²) in [5, 5.41) is 9.18. The lowest BCUT2D eigenvalue weighted by atomic mass is 10.1. The van der Waals surface area contributed by atoms with Gasteiger partial charge in [0.05, 0.1) is 12.3 Å². The molecule has 2 rings (SSSR count). The smallest absolute Gasteiger partial charge is 0.0757 e. The molecule has 0 radical (unpaired) electrons. The Kier molecular flexibility index (Phi) is 2.65. The van der Waals surface area contributed by atoms with Gasteiger partial charge in [0.15, 0.2) is 0 Å². The Hall–Kier alpha value is -1.87. The van der Waals surface area contributed by atoms with Gasteiger partial charge in [0, 0.05) is 23.0 Å². The molecule has 0 unspecified atom stereocenters. The normalized spacial score (nSPS) is 10.2. The van der Waals surface area contributed by atoms with Crippen LogP contribution in [0.3, 0.4) is 0 Å². The van der Waals surface area contributed by atoms with E-state index in [1.54, 1.807) is 12.3 Å². The van der Waals surface area contributed by atoms with Crippen molar-refractivity contribution in [3.63, 3.8) is 0 Å². The molecule has 0 atom stereocenters. The fourth-order valence-electron chi connectivity index (χ4n) is 1.51. The van der Waals surface area contributed by atoms with Crippen molar-refractivity contribution in [3.8, 4) is 11.3 Å². The van der Waals surface area contributed by atoms with E-state index in [2.05, 4.69) is 4.98 Å². The molecule has 0 fully saturated rings. The number of nitrogens with two attached hydrogens (primary N) is 1. The maximum absolute atomic E-state index is 9.18. The molecule has 1 heterocycles. The van der Waals surface area contributed by atoms with E-state index in [4.69, 9.17) is 5.73 Å². The van der Waals surface area contributed by atoms with Gasteiger partial charge < -0.3 is 10.8 Å². The molecular formula is C12H12N2O. The molecule has 3 N–H and O–H groups in total. The van der Waals surface area contributed by atoms with Crippen LogP contribution in [0.4, 0.5) is 5.69 Å². The number of rotatable bonds is 2. The highest BCUT2D eigenvalue weighted by Crippen LogP contribution is 2.22. The molecule has 3 heteroatoms. The first-order valence-electron chi connectivity index (χ1n) is 4.72. The predicted octanol–water partition coefficient (Wildman–Crippen LogP) is 1.82. The van der Waals surface area contributed by atoms with Crippen LogP contribution in [-0.4, -0.2) is 10.1 Å². The summed E-state index contributed by atoms with van der Waals surface area (Å²) in [7, 11) is 0. The summed E-state index contributed by atoms with van der Waals surface area (Å²) >= 11 is 0. The highest BCUT2D eigenvalue weighted by molar-refractivity contribution is 5.66. The summed E-state index contributed by atoms with van der Waals surface area (Å²) < 4.78 is 0. The number of aromatic nitrogens is 1. The van der Waals surface area contributed by atoms with Crippen molar-refractivity contribution < 1.29 is 5.11 Å². The molecule has 3 nitrogen and oxygen atoms in total. The Morgan fingerprint density at radius 1 is 1.20 bits per heavy atom. The van der Waals surface area contributed by atoms with Crippen molar-refractivity contribution in [2.45, 2.75) is 6.61 Å². The number of hydrogen-bond donors (Lipinski definition) is 2. The summed E-state index contributed by atoms with van der Waals surface area (Å²) in [5.74, 6) is 0. The van der Waals surface area contributed by atoms with Gasteiger partial charge in [0.1, 0.15) is 0 Å². The lowest BCUT2D eigenvalue weighted by molar-refractivity contribution is 0.282. The van der Waals surface area contributed by atoms with Crippen LogP contribution >= 0.6 is 0 Å². The molecule has 0 bridgehead atoms. The fraction of sp³-hybridized carbons (Fsp3) is 0.0833. The van der Waals surface area contributed by atoms with Gasteiger partial charge in [-0.05, 0) is 18.2 Å². The van der Waals surface area contributed by atoms with Crippen molar-refractivity contribution in [2.75, 3.05) is 5.73 Å². The molecular weight excluding hydrogens is 188 g/mol. The Labute approximate surface area is 88.2 Å². The van der Waals surface area contributed by atoms with Crippen LogP contribution in [0.2, 0.25) is 0 Å². The van der Waals surface area contributed by atoms with Gasteiger partial charge in [-0.15, -0.1) is 0 Å². The maximum Gasteiger partial charge on any atom is 0.0757 e. The van der Waals surface area contributed by atoms with E-state index in [0.717, 1.165) is 16.8 Å². The zero-order chi connectivity index (χ0) is 10.7. The number of hydrogen-bond acceptors (Lipinski definition) is 3. The number of nitrogen functional groups attached to an aromatic ring is 1. The summed E-state index contributed by atoms with van der Waals surface area (Å²) in [6.07, 6.45) is 1.71. The first kappa shape index (κ1) is 9.68. The quantitative estimate of drug-likeness (QED) is 0.727. The molecule has 0 amide bonds. The fourth-order valence-corrected chi connectivity index (χ4v) is 1.51. The SMILES string of the molecule is Nc1cccc(-c2ncccc2CO)c1. The van der Waals surface area contributed by atoms with Crippen LogP contribution in [-0.2, 0) is 6.61 Å². The van der Waals surface area contributed by atoms with Crippen LogP contribution in [0.25, 0.3) is 11.3 Å². The van der Waals surface area contributed by atoms with E-state index in [9.17, 15) is 5.11 Å². The molecule has 0 saturated heterocycles. The van der Waals surface area contributed by atoms with Crippen LogP contribution in [0.1, 0.15) is 5.56 Å². The van der Waals surface area contributed by atoms with Crippen molar-refractivity contribution in [1.29, 1.82) is 0 Å². The largest absolute Gasteiger partial charge is 0.399 e. The number of aliphatic hydroxyl groups is 1. The summed E-state index contributed by atoms with van der Waals surface area (Å²) in [6.45, 7) is -0.0159. The molecule has 2 aromatic rings. The lowest BCUT2D eigenvalue weighted by Gasteiger charge is -2.06. The molecule has 0 aliphatic heterocycles. The minimum atomic E-state index is -0.0159. The molecule has 15 heavy (non-hydrogen) atoms. The molecule has 0 spiro atoms. The van der Waals surface area contributed by atoms with Crippen molar-refractivity contribution in [3.05, 3.63) is 48.2 Å². The highest BCUT2D eigenvalue weighted by Gasteiger charge is 2.04. The third kappa shape index (κ3) is 1.97. The second kappa shape index (κ2) is 4.11. The third-order valence-corrected chi connectivity index (χ3v) is 2.22. The lowest BCUT2D eigenvalue weighted by Crippen LogP contribution is -1.93. The van der Waals surface area contributed by atoms with Gasteiger partial charge in [-0.2, -0.15) is 0 Å². The Morgan fingerprint density at radius 2 is 2.07 bits per heavy atom. The molecule has 0 aliphatic carbocycles. The van der Waals surface area contributed by atoms with E-state index >= 15 is 0 Å². The number of anilines is 1. The van der Waals surface area contributed by atoms with Gasteiger partial charge >= 0.3 is 0 Å². The Bertz CT molecular complexity index is 469. The minimum Gasteiger partial charge on any atom is -0.399 e. The zero-order valence-corrected chi connectivity index (χ0v) is 8.22. The van der Waals surface area contributed by atoms with Gasteiger partial charge in [-0.3, -0.25) is 4.98 Å². The first-order valence-corrected chi connectivity index (χ1v) is 4.72. The Morgan fingerprint density at radius 3 is 2.80 bits per heavy atom. The van der Waals surface area contributed by atoms with Crippen molar-refractivity contribution in [1.82, 2.24) is 4.98 Å². The van der Waals surface area contributed by atoms with E-state index < -0.39 is 0 Å². The van der Waals surface area contributed by atoms with Crippen LogP contribution < -0.4 is 5.73 Å². The average molecular weight is 200 g/mol. The Balaban J connectivity index is 2.53. The number of aliphatic hydroxyl groups excluding tert-OH is 1. The van der Waals surface area contributed by atoms with Crippen molar-refractivity contribution >= 4 is 5.69 Å².